The summed E-state index contributed by atoms with van der Waals surface area (Å²) in [5, 5.41) is 13.3. The zero-order chi connectivity index (χ0) is 10.5. The van der Waals surface area contributed by atoms with Gasteiger partial charge in [-0.25, -0.2) is 5.10 Å². The first kappa shape index (κ1) is 10.4. The highest BCUT2D eigenvalue weighted by molar-refractivity contribution is 7.80. The Morgan fingerprint density at radius 1 is 1.40 bits per heavy atom. The monoisotopic (exact) mass is 225 g/mol. The molecule has 1 aliphatic carbocycles. The Hall–Kier alpha value is -1.17. The molecule has 1 aliphatic rings. The Bertz CT molecular complexity index is 304. The third-order valence-electron chi connectivity index (χ3n) is 2.59. The normalized spacial score (nSPS) is 17.3. The minimum Gasteiger partial charge on any atom is -0.360 e. The van der Waals surface area contributed by atoms with Crippen LogP contribution in [0.15, 0.2) is 6.33 Å². The molecule has 3 N–H and O–H groups in total. The maximum atomic E-state index is 5.17. The number of aromatic amines is 1. The summed E-state index contributed by atoms with van der Waals surface area (Å²) in [5.41, 5.74) is 0. The Labute approximate surface area is 94.1 Å². The average molecular weight is 225 g/mol. The van der Waals surface area contributed by atoms with Gasteiger partial charge in [-0.2, -0.15) is 10.1 Å². The van der Waals surface area contributed by atoms with Crippen molar-refractivity contribution >= 4 is 23.3 Å². The molecule has 0 radical (unpaired) electrons. The lowest BCUT2D eigenvalue weighted by Gasteiger charge is -2.23. The van der Waals surface area contributed by atoms with Gasteiger partial charge in [-0.15, -0.1) is 0 Å². The van der Waals surface area contributed by atoms with Crippen molar-refractivity contribution in [2.24, 2.45) is 0 Å². The van der Waals surface area contributed by atoms with Gasteiger partial charge in [0.2, 0.25) is 5.95 Å². The van der Waals surface area contributed by atoms with Gasteiger partial charge in [0.05, 0.1) is 0 Å². The maximum Gasteiger partial charge on any atom is 0.224 e. The second-order valence-corrected chi connectivity index (χ2v) is 4.18. The van der Waals surface area contributed by atoms with Gasteiger partial charge in [-0.3, -0.25) is 0 Å². The lowest BCUT2D eigenvalue weighted by atomic mass is 9.96. The van der Waals surface area contributed by atoms with Gasteiger partial charge in [0.1, 0.15) is 6.33 Å². The average Bonchev–Trinajstić information content (AvgIpc) is 2.71. The number of thiocarbonyl (C=S) groups is 1. The fourth-order valence-electron chi connectivity index (χ4n) is 1.84. The van der Waals surface area contributed by atoms with E-state index < -0.39 is 0 Å². The lowest BCUT2D eigenvalue weighted by Crippen LogP contribution is -2.39. The number of aromatic nitrogens is 3. The lowest BCUT2D eigenvalue weighted by molar-refractivity contribution is 0.414. The molecule has 1 aromatic rings. The summed E-state index contributed by atoms with van der Waals surface area (Å²) < 4.78 is 0. The van der Waals surface area contributed by atoms with Crippen molar-refractivity contribution in [3.8, 4) is 0 Å². The number of H-pyrrole nitrogens is 1. The zero-order valence-electron chi connectivity index (χ0n) is 8.49. The maximum absolute atomic E-state index is 5.17. The van der Waals surface area contributed by atoms with Crippen LogP contribution in [-0.2, 0) is 0 Å². The van der Waals surface area contributed by atoms with Crippen LogP contribution in [0.25, 0.3) is 0 Å². The topological polar surface area (TPSA) is 65.6 Å². The van der Waals surface area contributed by atoms with Crippen molar-refractivity contribution in [1.29, 1.82) is 0 Å². The van der Waals surface area contributed by atoms with Crippen molar-refractivity contribution < 1.29 is 0 Å². The van der Waals surface area contributed by atoms with Crippen molar-refractivity contribution in [1.82, 2.24) is 20.5 Å². The van der Waals surface area contributed by atoms with Crippen LogP contribution in [0, 0.1) is 0 Å². The van der Waals surface area contributed by atoms with Gasteiger partial charge in [-0.05, 0) is 25.1 Å². The largest absolute Gasteiger partial charge is 0.360 e. The number of hydrogen-bond donors (Lipinski definition) is 3. The predicted molar refractivity (Wildman–Crippen MR) is 62.6 cm³/mol. The standard InChI is InChI=1S/C9H15N5S/c15-9(13-8-10-6-11-14-8)12-7-4-2-1-3-5-7/h6-7H,1-5H2,(H3,10,11,12,13,14,15). The van der Waals surface area contributed by atoms with E-state index in [1.54, 1.807) is 0 Å². The highest BCUT2D eigenvalue weighted by Crippen LogP contribution is 2.17. The first-order valence-corrected chi connectivity index (χ1v) is 5.68. The van der Waals surface area contributed by atoms with E-state index in [0.29, 0.717) is 17.1 Å². The van der Waals surface area contributed by atoms with Gasteiger partial charge >= 0.3 is 0 Å². The van der Waals surface area contributed by atoms with Crippen LogP contribution in [0.3, 0.4) is 0 Å². The van der Waals surface area contributed by atoms with E-state index >= 15 is 0 Å². The second kappa shape index (κ2) is 5.06. The SMILES string of the molecule is S=C(Nc1ncn[nH]1)NC1CCCCC1. The van der Waals surface area contributed by atoms with Crippen LogP contribution in [0.1, 0.15) is 32.1 Å². The third-order valence-corrected chi connectivity index (χ3v) is 2.81. The van der Waals surface area contributed by atoms with Gasteiger partial charge in [0.25, 0.3) is 0 Å². The van der Waals surface area contributed by atoms with Crippen LogP contribution in [0.5, 0.6) is 0 Å². The number of nitrogens with zero attached hydrogens (tertiary/aromatic N) is 2. The summed E-state index contributed by atoms with van der Waals surface area (Å²) in [7, 11) is 0. The van der Waals surface area contributed by atoms with Crippen molar-refractivity contribution in [2.45, 2.75) is 38.1 Å². The fourth-order valence-corrected chi connectivity index (χ4v) is 2.10. The summed E-state index contributed by atoms with van der Waals surface area (Å²) in [6, 6.07) is 0.515. The Morgan fingerprint density at radius 2 is 2.20 bits per heavy atom. The third kappa shape index (κ3) is 3.16. The summed E-state index contributed by atoms with van der Waals surface area (Å²) in [4.78, 5) is 3.94. The van der Waals surface area contributed by atoms with Crippen LogP contribution in [0.4, 0.5) is 5.95 Å². The predicted octanol–water partition coefficient (Wildman–Crippen LogP) is 1.42. The number of nitrogens with one attached hydrogen (secondary N) is 3. The molecule has 1 saturated carbocycles. The molecule has 0 bridgehead atoms. The summed E-state index contributed by atoms with van der Waals surface area (Å²) in [6.07, 6.45) is 7.80. The molecule has 5 nitrogen and oxygen atoms in total. The molecule has 0 aromatic carbocycles. The fraction of sp³-hybridized carbons (Fsp3) is 0.667. The van der Waals surface area contributed by atoms with Gasteiger partial charge in [0, 0.05) is 6.04 Å². The van der Waals surface area contributed by atoms with Crippen LogP contribution in [0.2, 0.25) is 0 Å². The molecular weight excluding hydrogens is 210 g/mol. The van der Waals surface area contributed by atoms with Crippen molar-refractivity contribution in [2.75, 3.05) is 5.32 Å². The summed E-state index contributed by atoms with van der Waals surface area (Å²) >= 11 is 5.17. The van der Waals surface area contributed by atoms with Crippen LogP contribution >= 0.6 is 12.2 Å². The molecule has 15 heavy (non-hydrogen) atoms. The highest BCUT2D eigenvalue weighted by atomic mass is 32.1. The molecule has 2 rings (SSSR count). The number of anilines is 1. The molecule has 6 heteroatoms. The number of rotatable bonds is 2. The zero-order valence-corrected chi connectivity index (χ0v) is 9.31. The first-order chi connectivity index (χ1) is 7.34. The molecule has 0 amide bonds. The highest BCUT2D eigenvalue weighted by Gasteiger charge is 2.14. The summed E-state index contributed by atoms with van der Waals surface area (Å²) in [5.74, 6) is 0.586. The molecule has 1 heterocycles. The van der Waals surface area contributed by atoms with E-state index in [-0.39, 0.29) is 0 Å². The Morgan fingerprint density at radius 3 is 2.87 bits per heavy atom. The van der Waals surface area contributed by atoms with Gasteiger partial charge < -0.3 is 10.6 Å². The van der Waals surface area contributed by atoms with E-state index in [0.717, 1.165) is 0 Å². The van der Waals surface area contributed by atoms with E-state index in [4.69, 9.17) is 12.2 Å². The molecule has 1 fully saturated rings. The van der Waals surface area contributed by atoms with E-state index in [2.05, 4.69) is 25.8 Å². The Balaban J connectivity index is 1.76. The van der Waals surface area contributed by atoms with Crippen molar-refractivity contribution in [3.63, 3.8) is 0 Å². The minimum absolute atomic E-state index is 0.515. The molecule has 82 valence electrons. The van der Waals surface area contributed by atoms with Gasteiger partial charge in [-0.1, -0.05) is 19.3 Å². The molecule has 0 unspecified atom stereocenters. The number of hydrogen-bond acceptors (Lipinski definition) is 3. The molecule has 0 atom stereocenters. The molecule has 0 aliphatic heterocycles. The van der Waals surface area contributed by atoms with E-state index in [1.807, 2.05) is 0 Å². The van der Waals surface area contributed by atoms with E-state index in [1.165, 1.54) is 38.4 Å². The molecule has 1 aromatic heterocycles. The van der Waals surface area contributed by atoms with Crippen molar-refractivity contribution in [3.05, 3.63) is 6.33 Å². The van der Waals surface area contributed by atoms with Gasteiger partial charge in [0.15, 0.2) is 5.11 Å². The summed E-state index contributed by atoms with van der Waals surface area (Å²) in [6.45, 7) is 0. The smallest absolute Gasteiger partial charge is 0.224 e. The molecule has 0 saturated heterocycles. The second-order valence-electron chi connectivity index (χ2n) is 3.77. The van der Waals surface area contributed by atoms with Crippen LogP contribution in [-0.4, -0.2) is 26.3 Å². The van der Waals surface area contributed by atoms with Crippen LogP contribution < -0.4 is 10.6 Å². The molecule has 0 spiro atoms. The van der Waals surface area contributed by atoms with E-state index in [9.17, 15) is 0 Å². The first-order valence-electron chi connectivity index (χ1n) is 5.27. The minimum atomic E-state index is 0.515. The molecular formula is C9H15N5S. The quantitative estimate of drug-likeness (QED) is 0.664. The Kier molecular flexibility index (Phi) is 3.49.